The van der Waals surface area contributed by atoms with Crippen molar-refractivity contribution in [3.8, 4) is 0 Å². The SMILES string of the molecule is CCCC[Si]1([C]2([Zr+2][C]3=C(C)C(C)=C(C)C3(C)C)C=Cc3ccccc32)CCC1.[Cl-].[Cl-]. The van der Waals surface area contributed by atoms with Gasteiger partial charge in [0.25, 0.3) is 0 Å². The molecule has 1 unspecified atom stereocenters. The molecule has 0 nitrogen and oxygen atoms in total. The molecule has 1 heterocycles. The van der Waals surface area contributed by atoms with Crippen molar-refractivity contribution in [2.45, 2.75) is 81.7 Å². The van der Waals surface area contributed by atoms with E-state index in [9.17, 15) is 0 Å². The van der Waals surface area contributed by atoms with Crippen molar-refractivity contribution < 1.29 is 48.0 Å². The first-order valence-electron chi connectivity index (χ1n) is 11.3. The van der Waals surface area contributed by atoms with Crippen molar-refractivity contribution in [1.29, 1.82) is 0 Å². The summed E-state index contributed by atoms with van der Waals surface area (Å²) in [4.78, 5) is 0. The van der Waals surface area contributed by atoms with Gasteiger partial charge >= 0.3 is 186 Å². The summed E-state index contributed by atoms with van der Waals surface area (Å²) in [6.07, 6.45) is 9.57. The number of fused-ring (bicyclic) bond motifs is 1. The maximum absolute atomic E-state index is 2.77. The summed E-state index contributed by atoms with van der Waals surface area (Å²) in [7, 11) is -1.30. The molecule has 0 saturated carbocycles. The van der Waals surface area contributed by atoms with Gasteiger partial charge in [0.2, 0.25) is 0 Å². The summed E-state index contributed by atoms with van der Waals surface area (Å²) >= 11 is -0.826. The van der Waals surface area contributed by atoms with Crippen LogP contribution in [0.25, 0.3) is 6.08 Å². The molecule has 0 radical (unpaired) electrons. The molecule has 3 aliphatic rings. The average Bonchev–Trinajstić information content (AvgIpc) is 3.09. The van der Waals surface area contributed by atoms with Crippen molar-refractivity contribution >= 4 is 14.1 Å². The second kappa shape index (κ2) is 9.54. The third kappa shape index (κ3) is 3.76. The topological polar surface area (TPSA) is 0 Å². The monoisotopic (exact) mass is 536 g/mol. The van der Waals surface area contributed by atoms with Crippen LogP contribution in [0, 0.1) is 5.41 Å². The molecular formula is C26H36Cl2SiZr. The molecule has 4 rings (SSSR count). The van der Waals surface area contributed by atoms with Crippen molar-refractivity contribution in [3.05, 3.63) is 61.5 Å². The molecular weight excluding hydrogens is 503 g/mol. The normalized spacial score (nSPS) is 25.3. The second-order valence-electron chi connectivity index (χ2n) is 9.97. The first-order chi connectivity index (χ1) is 13.3. The predicted octanol–water partition coefficient (Wildman–Crippen LogP) is 1.84. The number of rotatable bonds is 6. The van der Waals surface area contributed by atoms with Gasteiger partial charge in [0, 0.05) is 0 Å². The Labute approximate surface area is 209 Å². The smallest absolute Gasteiger partial charge is 1.00 e. The molecule has 4 heteroatoms. The molecule has 30 heavy (non-hydrogen) atoms. The molecule has 2 aliphatic carbocycles. The Morgan fingerprint density at radius 2 is 1.67 bits per heavy atom. The zero-order valence-corrected chi connectivity index (χ0v) is 24.4. The zero-order valence-electron chi connectivity index (χ0n) is 19.5. The maximum Gasteiger partial charge on any atom is -1.00 e. The van der Waals surface area contributed by atoms with Crippen LogP contribution in [0.3, 0.4) is 0 Å². The Bertz CT molecular complexity index is 892. The molecule has 1 saturated heterocycles. The van der Waals surface area contributed by atoms with Crippen LogP contribution in [-0.2, 0) is 26.0 Å². The Hall–Kier alpha value is 0.120. The van der Waals surface area contributed by atoms with Crippen LogP contribution >= 0.6 is 0 Å². The summed E-state index contributed by atoms with van der Waals surface area (Å²) in [6.45, 7) is 14.6. The maximum atomic E-state index is 2.77. The van der Waals surface area contributed by atoms with E-state index < -0.39 is 31.3 Å². The standard InChI is InChI=1S/C16H21Si.C10H15.2ClH.Zr/c1-2-3-11-17(12-6-13-17)16-10-9-14-7-4-5-8-15(14)16;1-7-6-10(4,5)9(3)8(7)2;;;/h4-5,7-10H,2-3,6,11-13H2,1H3;1-5H3;2*1H;/q;;;;+2/p-2. The third-order valence-electron chi connectivity index (χ3n) is 8.44. The van der Waals surface area contributed by atoms with E-state index in [2.05, 4.69) is 78.0 Å². The molecule has 0 N–H and O–H groups in total. The van der Waals surface area contributed by atoms with Gasteiger partial charge in [-0.25, -0.2) is 0 Å². The Kier molecular flexibility index (Phi) is 8.39. The quantitative estimate of drug-likeness (QED) is 0.485. The summed E-state index contributed by atoms with van der Waals surface area (Å²) < 4.78 is 2.38. The number of hydrogen-bond acceptors (Lipinski definition) is 0. The number of halogens is 2. The summed E-state index contributed by atoms with van der Waals surface area (Å²) in [5.41, 5.74) is 8.43. The van der Waals surface area contributed by atoms with Gasteiger partial charge in [0.1, 0.15) is 0 Å². The third-order valence-corrected chi connectivity index (χ3v) is 24.2. The minimum Gasteiger partial charge on any atom is -1.00 e. The van der Waals surface area contributed by atoms with Crippen LogP contribution in [0.5, 0.6) is 0 Å². The van der Waals surface area contributed by atoms with Crippen molar-refractivity contribution in [2.24, 2.45) is 5.41 Å². The molecule has 1 aliphatic heterocycles. The molecule has 1 atom stereocenters. The van der Waals surface area contributed by atoms with Gasteiger partial charge in [-0.05, 0) is 0 Å². The van der Waals surface area contributed by atoms with E-state index in [4.69, 9.17) is 0 Å². The van der Waals surface area contributed by atoms with Gasteiger partial charge in [-0.1, -0.05) is 0 Å². The van der Waals surface area contributed by atoms with Crippen LogP contribution < -0.4 is 24.8 Å². The van der Waals surface area contributed by atoms with Gasteiger partial charge < -0.3 is 24.8 Å². The van der Waals surface area contributed by atoms with Gasteiger partial charge in [-0.2, -0.15) is 0 Å². The van der Waals surface area contributed by atoms with Crippen molar-refractivity contribution in [2.75, 3.05) is 0 Å². The van der Waals surface area contributed by atoms with E-state index in [0.29, 0.717) is 2.75 Å². The first-order valence-corrected chi connectivity index (χ1v) is 16.3. The number of hydrogen-bond donors (Lipinski definition) is 0. The zero-order chi connectivity index (χ0) is 20.2. The van der Waals surface area contributed by atoms with E-state index in [1.165, 1.54) is 24.8 Å². The van der Waals surface area contributed by atoms with E-state index in [1.807, 2.05) is 3.28 Å². The molecule has 0 amide bonds. The minimum absolute atomic E-state index is 0. The number of allylic oxidation sites excluding steroid dienone is 5. The second-order valence-corrected chi connectivity index (χ2v) is 19.8. The average molecular weight is 539 g/mol. The molecule has 1 aromatic carbocycles. The van der Waals surface area contributed by atoms with Crippen molar-refractivity contribution in [3.63, 3.8) is 0 Å². The number of unbranched alkanes of at least 4 members (excludes halogenated alkanes) is 1. The van der Waals surface area contributed by atoms with Crippen LogP contribution in [0.4, 0.5) is 0 Å². The summed E-state index contributed by atoms with van der Waals surface area (Å²) in [6, 6.07) is 14.2. The summed E-state index contributed by atoms with van der Waals surface area (Å²) in [5, 5.41) is 0. The molecule has 1 fully saturated rings. The minimum atomic E-state index is -1.30. The van der Waals surface area contributed by atoms with E-state index in [1.54, 1.807) is 40.4 Å². The molecule has 162 valence electrons. The molecule has 0 bridgehead atoms. The van der Waals surface area contributed by atoms with Gasteiger partial charge in [0.05, 0.1) is 0 Å². The van der Waals surface area contributed by atoms with Crippen LogP contribution in [-0.4, -0.2) is 8.07 Å². The van der Waals surface area contributed by atoms with Crippen LogP contribution in [0.1, 0.15) is 71.9 Å². The molecule has 0 spiro atoms. The predicted molar refractivity (Wildman–Crippen MR) is 122 cm³/mol. The first kappa shape index (κ1) is 26.4. The fourth-order valence-electron chi connectivity index (χ4n) is 6.01. The van der Waals surface area contributed by atoms with Gasteiger partial charge in [-0.3, -0.25) is 0 Å². The number of benzene rings is 1. The molecule has 1 aromatic rings. The fourth-order valence-corrected chi connectivity index (χ4v) is 21.3. The Balaban J connectivity index is 0.00000160. The fraction of sp³-hybridized carbons (Fsp3) is 0.538. The summed E-state index contributed by atoms with van der Waals surface area (Å²) in [5.74, 6) is 0. The van der Waals surface area contributed by atoms with Gasteiger partial charge in [0.15, 0.2) is 0 Å². The van der Waals surface area contributed by atoms with E-state index in [0.717, 1.165) is 0 Å². The Morgan fingerprint density at radius 1 is 1.00 bits per heavy atom. The Morgan fingerprint density at radius 3 is 2.20 bits per heavy atom. The van der Waals surface area contributed by atoms with E-state index >= 15 is 0 Å². The van der Waals surface area contributed by atoms with Gasteiger partial charge in [-0.15, -0.1) is 0 Å². The van der Waals surface area contributed by atoms with Crippen LogP contribution in [0.2, 0.25) is 18.1 Å². The largest absolute Gasteiger partial charge is 1.00 e. The van der Waals surface area contributed by atoms with E-state index in [-0.39, 0.29) is 30.2 Å². The van der Waals surface area contributed by atoms with Crippen LogP contribution in [0.15, 0.2) is 50.3 Å². The van der Waals surface area contributed by atoms with Crippen molar-refractivity contribution in [1.82, 2.24) is 0 Å². The molecule has 0 aromatic heterocycles.